The smallest absolute Gasteiger partial charge is 0.282 e. The standard InChI is InChI=1S/C27H26N2O5/c1-5-34-20-13-10-18(11-14-20)24-25(28-19-12-15-22(32-3)23(16-19)33-4)27(31)29(26(24)30)21-9-7-6-8-17(21)2/h6-16,28H,5H2,1-4H3. The summed E-state index contributed by atoms with van der Waals surface area (Å²) in [7, 11) is 3.09. The molecule has 0 spiro atoms. The van der Waals surface area contributed by atoms with Crippen LogP contribution in [0.4, 0.5) is 11.4 Å². The van der Waals surface area contributed by atoms with Crippen LogP contribution < -0.4 is 24.4 Å². The van der Waals surface area contributed by atoms with Crippen LogP contribution >= 0.6 is 0 Å². The van der Waals surface area contributed by atoms with Crippen molar-refractivity contribution < 1.29 is 23.8 Å². The van der Waals surface area contributed by atoms with E-state index in [1.165, 1.54) is 12.0 Å². The molecule has 0 bridgehead atoms. The predicted molar refractivity (Wildman–Crippen MR) is 131 cm³/mol. The van der Waals surface area contributed by atoms with Crippen LogP contribution in [0.25, 0.3) is 5.57 Å². The average Bonchev–Trinajstić information content (AvgIpc) is 3.09. The Balaban J connectivity index is 1.81. The van der Waals surface area contributed by atoms with Crippen molar-refractivity contribution in [1.82, 2.24) is 0 Å². The van der Waals surface area contributed by atoms with Gasteiger partial charge in [-0.15, -0.1) is 0 Å². The summed E-state index contributed by atoms with van der Waals surface area (Å²) in [5, 5.41) is 3.16. The van der Waals surface area contributed by atoms with Gasteiger partial charge in [0.1, 0.15) is 11.4 Å². The van der Waals surface area contributed by atoms with Gasteiger partial charge in [-0.3, -0.25) is 9.59 Å². The lowest BCUT2D eigenvalue weighted by atomic mass is 10.0. The van der Waals surface area contributed by atoms with Crippen LogP contribution in [-0.4, -0.2) is 32.6 Å². The Hall–Kier alpha value is -4.26. The van der Waals surface area contributed by atoms with Gasteiger partial charge in [0.05, 0.1) is 32.1 Å². The molecule has 0 aromatic heterocycles. The minimum absolute atomic E-state index is 0.185. The van der Waals surface area contributed by atoms with Crippen LogP contribution in [-0.2, 0) is 9.59 Å². The van der Waals surface area contributed by atoms with Gasteiger partial charge in [-0.05, 0) is 55.3 Å². The van der Waals surface area contributed by atoms with E-state index in [1.807, 2.05) is 26.0 Å². The third-order valence-corrected chi connectivity index (χ3v) is 5.55. The minimum atomic E-state index is -0.432. The van der Waals surface area contributed by atoms with Crippen LogP contribution in [0.15, 0.2) is 72.4 Å². The molecule has 0 saturated heterocycles. The summed E-state index contributed by atoms with van der Waals surface area (Å²) >= 11 is 0. The molecule has 1 N–H and O–H groups in total. The fraction of sp³-hybridized carbons (Fsp3) is 0.185. The summed E-state index contributed by atoms with van der Waals surface area (Å²) in [6.07, 6.45) is 0. The summed E-state index contributed by atoms with van der Waals surface area (Å²) in [5.41, 5.74) is 3.04. The highest BCUT2D eigenvalue weighted by Gasteiger charge is 2.40. The van der Waals surface area contributed by atoms with E-state index < -0.39 is 11.8 Å². The Kier molecular flexibility index (Phi) is 6.54. The highest BCUT2D eigenvalue weighted by molar-refractivity contribution is 6.46. The van der Waals surface area contributed by atoms with Gasteiger partial charge in [0.15, 0.2) is 11.5 Å². The zero-order chi connectivity index (χ0) is 24.2. The minimum Gasteiger partial charge on any atom is -0.494 e. The van der Waals surface area contributed by atoms with E-state index in [2.05, 4.69) is 5.32 Å². The first-order valence-corrected chi connectivity index (χ1v) is 10.9. The fourth-order valence-corrected chi connectivity index (χ4v) is 3.89. The number of hydrogen-bond donors (Lipinski definition) is 1. The highest BCUT2D eigenvalue weighted by atomic mass is 16.5. The molecule has 0 radical (unpaired) electrons. The fourth-order valence-electron chi connectivity index (χ4n) is 3.89. The van der Waals surface area contributed by atoms with Gasteiger partial charge < -0.3 is 19.5 Å². The number of rotatable bonds is 8. The number of ether oxygens (including phenoxy) is 3. The molecule has 0 unspecified atom stereocenters. The molecular formula is C27H26N2O5. The van der Waals surface area contributed by atoms with Gasteiger partial charge in [-0.25, -0.2) is 4.90 Å². The molecular weight excluding hydrogens is 432 g/mol. The monoisotopic (exact) mass is 458 g/mol. The average molecular weight is 459 g/mol. The molecule has 0 aliphatic carbocycles. The van der Waals surface area contributed by atoms with Crippen LogP contribution in [0, 0.1) is 6.92 Å². The second kappa shape index (κ2) is 9.70. The van der Waals surface area contributed by atoms with E-state index in [4.69, 9.17) is 14.2 Å². The van der Waals surface area contributed by atoms with Crippen molar-refractivity contribution in [3.8, 4) is 17.2 Å². The first-order valence-electron chi connectivity index (χ1n) is 10.9. The van der Waals surface area contributed by atoms with Crippen LogP contribution in [0.1, 0.15) is 18.1 Å². The van der Waals surface area contributed by atoms with Crippen LogP contribution in [0.3, 0.4) is 0 Å². The topological polar surface area (TPSA) is 77.1 Å². The Morgan fingerprint density at radius 1 is 0.853 bits per heavy atom. The number of hydrogen-bond acceptors (Lipinski definition) is 6. The molecule has 1 aliphatic rings. The Morgan fingerprint density at radius 2 is 1.56 bits per heavy atom. The molecule has 0 saturated carbocycles. The maximum absolute atomic E-state index is 13.6. The normalized spacial score (nSPS) is 13.4. The van der Waals surface area contributed by atoms with E-state index in [0.717, 1.165) is 5.56 Å². The van der Waals surface area contributed by atoms with Crippen LogP contribution in [0.2, 0.25) is 0 Å². The lowest BCUT2D eigenvalue weighted by Crippen LogP contribution is -2.33. The van der Waals surface area contributed by atoms with Gasteiger partial charge in [-0.1, -0.05) is 30.3 Å². The summed E-state index contributed by atoms with van der Waals surface area (Å²) in [5.74, 6) is 0.922. The molecule has 3 aromatic rings. The Bertz CT molecular complexity index is 1260. The highest BCUT2D eigenvalue weighted by Crippen LogP contribution is 2.37. The Labute approximate surface area is 198 Å². The second-order valence-corrected chi connectivity index (χ2v) is 7.63. The van der Waals surface area contributed by atoms with Gasteiger partial charge in [-0.2, -0.15) is 0 Å². The van der Waals surface area contributed by atoms with Crippen molar-refractivity contribution in [3.05, 3.63) is 83.6 Å². The van der Waals surface area contributed by atoms with E-state index in [9.17, 15) is 9.59 Å². The van der Waals surface area contributed by atoms with Crippen molar-refractivity contribution in [2.45, 2.75) is 13.8 Å². The van der Waals surface area contributed by atoms with Crippen molar-refractivity contribution in [1.29, 1.82) is 0 Å². The molecule has 4 rings (SSSR count). The van der Waals surface area contributed by atoms with Crippen molar-refractivity contribution >= 4 is 28.8 Å². The van der Waals surface area contributed by atoms with Crippen molar-refractivity contribution in [2.75, 3.05) is 31.0 Å². The number of carbonyl (C=O) groups is 2. The first-order chi connectivity index (χ1) is 16.5. The maximum atomic E-state index is 13.6. The lowest BCUT2D eigenvalue weighted by Gasteiger charge is -2.18. The number of nitrogens with zero attached hydrogens (tertiary/aromatic N) is 1. The zero-order valence-electron chi connectivity index (χ0n) is 19.5. The number of nitrogens with one attached hydrogen (secondary N) is 1. The number of amides is 2. The van der Waals surface area contributed by atoms with Gasteiger partial charge in [0.25, 0.3) is 11.8 Å². The number of methoxy groups -OCH3 is 2. The molecule has 3 aromatic carbocycles. The molecule has 7 heteroatoms. The molecule has 0 atom stereocenters. The van der Waals surface area contributed by atoms with Gasteiger partial charge >= 0.3 is 0 Å². The van der Waals surface area contributed by atoms with Crippen molar-refractivity contribution in [2.24, 2.45) is 0 Å². The maximum Gasteiger partial charge on any atom is 0.282 e. The molecule has 7 nitrogen and oxygen atoms in total. The number of aryl methyl sites for hydroxylation is 1. The number of benzene rings is 3. The number of para-hydroxylation sites is 1. The lowest BCUT2D eigenvalue weighted by molar-refractivity contribution is -0.120. The SMILES string of the molecule is CCOc1ccc(C2=C(Nc3ccc(OC)c(OC)c3)C(=O)N(c3ccccc3C)C2=O)cc1. The summed E-state index contributed by atoms with van der Waals surface area (Å²) in [4.78, 5) is 28.5. The Morgan fingerprint density at radius 3 is 2.21 bits per heavy atom. The summed E-state index contributed by atoms with van der Waals surface area (Å²) < 4.78 is 16.2. The molecule has 1 aliphatic heterocycles. The van der Waals surface area contributed by atoms with E-state index >= 15 is 0 Å². The van der Waals surface area contributed by atoms with E-state index in [1.54, 1.807) is 61.7 Å². The number of anilines is 2. The van der Waals surface area contributed by atoms with E-state index in [-0.39, 0.29) is 11.3 Å². The van der Waals surface area contributed by atoms with Crippen molar-refractivity contribution in [3.63, 3.8) is 0 Å². The zero-order valence-corrected chi connectivity index (χ0v) is 19.5. The summed E-state index contributed by atoms with van der Waals surface area (Å²) in [6.45, 7) is 4.31. The third-order valence-electron chi connectivity index (χ3n) is 5.55. The largest absolute Gasteiger partial charge is 0.494 e. The number of carbonyl (C=O) groups excluding carboxylic acids is 2. The van der Waals surface area contributed by atoms with Gasteiger partial charge in [0.2, 0.25) is 0 Å². The predicted octanol–water partition coefficient (Wildman–Crippen LogP) is 4.81. The van der Waals surface area contributed by atoms with E-state index in [0.29, 0.717) is 40.8 Å². The van der Waals surface area contributed by atoms with Gasteiger partial charge in [0, 0.05) is 11.8 Å². The molecule has 34 heavy (non-hydrogen) atoms. The number of imide groups is 1. The molecule has 174 valence electrons. The summed E-state index contributed by atoms with van der Waals surface area (Å²) in [6, 6.07) is 19.7. The second-order valence-electron chi connectivity index (χ2n) is 7.63. The first kappa shape index (κ1) is 22.9. The quantitative estimate of drug-likeness (QED) is 0.489. The molecule has 2 amide bonds. The third kappa shape index (κ3) is 4.20. The van der Waals surface area contributed by atoms with Crippen LogP contribution in [0.5, 0.6) is 17.2 Å². The molecule has 1 heterocycles. The molecule has 0 fully saturated rings.